The van der Waals surface area contributed by atoms with E-state index in [1.165, 1.54) is 6.92 Å². The third kappa shape index (κ3) is 7.73. The van der Waals surface area contributed by atoms with Gasteiger partial charge < -0.3 is 10.4 Å². The fourth-order valence-electron chi connectivity index (χ4n) is 0.740. The Morgan fingerprint density at radius 2 is 2.08 bits per heavy atom. The summed E-state index contributed by atoms with van der Waals surface area (Å²) < 4.78 is 21.3. The molecule has 0 fully saturated rings. The Balaban J connectivity index is 3.53. The van der Waals surface area contributed by atoms with Gasteiger partial charge in [0.1, 0.15) is 15.9 Å². The summed E-state index contributed by atoms with van der Waals surface area (Å²) in [5.74, 6) is -0.842. The molecule has 0 bridgehead atoms. The van der Waals surface area contributed by atoms with Gasteiger partial charge in [-0.15, -0.1) is 0 Å². The van der Waals surface area contributed by atoms with Crippen molar-refractivity contribution in [2.45, 2.75) is 19.4 Å². The zero-order valence-corrected chi connectivity index (χ0v) is 8.60. The molecule has 5 nitrogen and oxygen atoms in total. The zero-order valence-electron chi connectivity index (χ0n) is 7.78. The van der Waals surface area contributed by atoms with Gasteiger partial charge in [-0.05, 0) is 19.9 Å². The van der Waals surface area contributed by atoms with Crippen LogP contribution in [0.1, 0.15) is 13.3 Å². The maximum absolute atomic E-state index is 10.7. The van der Waals surface area contributed by atoms with Crippen molar-refractivity contribution in [3.63, 3.8) is 0 Å². The van der Waals surface area contributed by atoms with Gasteiger partial charge in [0.05, 0.1) is 5.75 Å². The highest BCUT2D eigenvalue weighted by molar-refractivity contribution is 7.90. The predicted molar refractivity (Wildman–Crippen MR) is 49.4 cm³/mol. The van der Waals surface area contributed by atoms with Gasteiger partial charge in [-0.1, -0.05) is 0 Å². The molecule has 0 aromatic carbocycles. The highest BCUT2D eigenvalue weighted by Crippen LogP contribution is 1.88. The Bertz CT molecular complexity index is 260. The number of rotatable bonds is 6. The maximum atomic E-state index is 10.7. The number of hydrogen-bond donors (Lipinski definition) is 2. The molecule has 0 aromatic heterocycles. The number of carboxylic acids is 1. The standard InChI is InChI=1S/C7H15NO4S/c1-6(7(9)10)8-4-3-5-13(2,11)12/h6,8H,3-5H2,1-2H3,(H,9,10)/t6-/m1/s1. The van der Waals surface area contributed by atoms with E-state index in [1.54, 1.807) is 0 Å². The number of aliphatic carboxylic acids is 1. The summed E-state index contributed by atoms with van der Waals surface area (Å²) in [4.78, 5) is 10.3. The lowest BCUT2D eigenvalue weighted by molar-refractivity contribution is -0.138. The second-order valence-corrected chi connectivity index (χ2v) is 5.26. The van der Waals surface area contributed by atoms with Crippen LogP contribution in [0.5, 0.6) is 0 Å². The summed E-state index contributed by atoms with van der Waals surface area (Å²) in [7, 11) is -2.93. The summed E-state index contributed by atoms with van der Waals surface area (Å²) in [6.07, 6.45) is 1.60. The van der Waals surface area contributed by atoms with E-state index in [0.717, 1.165) is 6.26 Å². The van der Waals surface area contributed by atoms with Crippen LogP contribution in [0.4, 0.5) is 0 Å². The van der Waals surface area contributed by atoms with E-state index in [0.29, 0.717) is 13.0 Å². The van der Waals surface area contributed by atoms with Crippen molar-refractivity contribution in [1.29, 1.82) is 0 Å². The van der Waals surface area contributed by atoms with Crippen molar-refractivity contribution in [3.05, 3.63) is 0 Å². The monoisotopic (exact) mass is 209 g/mol. The van der Waals surface area contributed by atoms with Crippen molar-refractivity contribution < 1.29 is 18.3 Å². The van der Waals surface area contributed by atoms with E-state index in [9.17, 15) is 13.2 Å². The van der Waals surface area contributed by atoms with Crippen LogP contribution in [0.3, 0.4) is 0 Å². The lowest BCUT2D eigenvalue weighted by Gasteiger charge is -2.07. The molecule has 0 aliphatic rings. The molecule has 0 unspecified atom stereocenters. The number of carbonyl (C=O) groups is 1. The first kappa shape index (κ1) is 12.4. The summed E-state index contributed by atoms with van der Waals surface area (Å²) in [5.41, 5.74) is 0. The average Bonchev–Trinajstić information content (AvgIpc) is 1.95. The van der Waals surface area contributed by atoms with E-state index < -0.39 is 21.8 Å². The Kier molecular flexibility index (Phi) is 4.94. The van der Waals surface area contributed by atoms with Crippen LogP contribution in [-0.2, 0) is 14.6 Å². The van der Waals surface area contributed by atoms with E-state index in [-0.39, 0.29) is 5.75 Å². The second kappa shape index (κ2) is 5.18. The number of carboxylic acid groups (broad SMARTS) is 1. The minimum absolute atomic E-state index is 0.0896. The molecule has 0 aliphatic carbocycles. The number of nitrogens with one attached hydrogen (secondary N) is 1. The fraction of sp³-hybridized carbons (Fsp3) is 0.857. The normalized spacial score (nSPS) is 14.0. The van der Waals surface area contributed by atoms with Crippen LogP contribution >= 0.6 is 0 Å². The van der Waals surface area contributed by atoms with E-state index in [1.807, 2.05) is 0 Å². The van der Waals surface area contributed by atoms with E-state index in [2.05, 4.69) is 5.32 Å². The molecule has 0 spiro atoms. The molecule has 6 heteroatoms. The molecular weight excluding hydrogens is 194 g/mol. The van der Waals surface area contributed by atoms with Gasteiger partial charge in [-0.25, -0.2) is 8.42 Å². The van der Waals surface area contributed by atoms with E-state index in [4.69, 9.17) is 5.11 Å². The number of sulfone groups is 1. The van der Waals surface area contributed by atoms with Crippen molar-refractivity contribution >= 4 is 15.8 Å². The van der Waals surface area contributed by atoms with Gasteiger partial charge in [0.15, 0.2) is 0 Å². The van der Waals surface area contributed by atoms with E-state index >= 15 is 0 Å². The van der Waals surface area contributed by atoms with Crippen LogP contribution in [-0.4, -0.2) is 44.1 Å². The molecular formula is C7H15NO4S. The predicted octanol–water partition coefficient (Wildman–Crippen LogP) is -0.516. The Morgan fingerprint density at radius 3 is 2.46 bits per heavy atom. The molecule has 2 N–H and O–H groups in total. The molecule has 0 aliphatic heterocycles. The average molecular weight is 209 g/mol. The SMILES string of the molecule is C[C@@H](NCCCS(C)(=O)=O)C(=O)O. The fourth-order valence-corrected chi connectivity index (χ4v) is 1.41. The lowest BCUT2D eigenvalue weighted by Crippen LogP contribution is -2.34. The first-order valence-corrected chi connectivity index (χ1v) is 6.03. The van der Waals surface area contributed by atoms with Crippen LogP contribution < -0.4 is 5.32 Å². The summed E-state index contributed by atoms with van der Waals surface area (Å²) in [6.45, 7) is 1.92. The zero-order chi connectivity index (χ0) is 10.5. The molecule has 1 atom stereocenters. The van der Waals surface area contributed by atoms with Gasteiger partial charge in [0.2, 0.25) is 0 Å². The molecule has 0 aromatic rings. The third-order valence-electron chi connectivity index (χ3n) is 1.51. The third-order valence-corrected chi connectivity index (χ3v) is 2.54. The van der Waals surface area contributed by atoms with Crippen molar-refractivity contribution in [1.82, 2.24) is 5.32 Å². The second-order valence-electron chi connectivity index (χ2n) is 3.00. The largest absolute Gasteiger partial charge is 0.480 e. The molecule has 13 heavy (non-hydrogen) atoms. The van der Waals surface area contributed by atoms with Crippen molar-refractivity contribution in [3.8, 4) is 0 Å². The van der Waals surface area contributed by atoms with Gasteiger partial charge in [-0.3, -0.25) is 4.79 Å². The molecule has 0 rings (SSSR count). The quantitative estimate of drug-likeness (QED) is 0.575. The first-order chi connectivity index (χ1) is 5.83. The van der Waals surface area contributed by atoms with Crippen molar-refractivity contribution in [2.24, 2.45) is 0 Å². The minimum atomic E-state index is -2.93. The molecule has 0 saturated carbocycles. The summed E-state index contributed by atoms with van der Waals surface area (Å²) >= 11 is 0. The van der Waals surface area contributed by atoms with Crippen LogP contribution in [0.2, 0.25) is 0 Å². The van der Waals surface area contributed by atoms with Gasteiger partial charge in [-0.2, -0.15) is 0 Å². The van der Waals surface area contributed by atoms with Crippen LogP contribution in [0, 0.1) is 0 Å². The highest BCUT2D eigenvalue weighted by atomic mass is 32.2. The first-order valence-electron chi connectivity index (χ1n) is 3.97. The topological polar surface area (TPSA) is 83.5 Å². The molecule has 78 valence electrons. The smallest absolute Gasteiger partial charge is 0.320 e. The minimum Gasteiger partial charge on any atom is -0.480 e. The molecule has 0 radical (unpaired) electrons. The maximum Gasteiger partial charge on any atom is 0.320 e. The number of hydrogen-bond acceptors (Lipinski definition) is 4. The van der Waals surface area contributed by atoms with Crippen LogP contribution in [0.25, 0.3) is 0 Å². The lowest BCUT2D eigenvalue weighted by atomic mass is 10.3. The van der Waals surface area contributed by atoms with Crippen LogP contribution in [0.15, 0.2) is 0 Å². The Morgan fingerprint density at radius 1 is 1.54 bits per heavy atom. The molecule has 0 saturated heterocycles. The summed E-state index contributed by atoms with van der Waals surface area (Å²) in [5, 5.41) is 11.2. The highest BCUT2D eigenvalue weighted by Gasteiger charge is 2.09. The molecule has 0 heterocycles. The van der Waals surface area contributed by atoms with Gasteiger partial charge in [0, 0.05) is 6.26 Å². The van der Waals surface area contributed by atoms with Gasteiger partial charge >= 0.3 is 5.97 Å². The van der Waals surface area contributed by atoms with Gasteiger partial charge in [0.25, 0.3) is 0 Å². The molecule has 0 amide bonds. The summed E-state index contributed by atoms with van der Waals surface area (Å²) in [6, 6.07) is -0.625. The Labute approximate surface area is 78.1 Å². The Hall–Kier alpha value is -0.620. The van der Waals surface area contributed by atoms with Crippen molar-refractivity contribution in [2.75, 3.05) is 18.6 Å².